The molecule has 36 heavy (non-hydrogen) atoms. The fourth-order valence-electron chi connectivity index (χ4n) is 4.59. The average molecular weight is 501 g/mol. The normalized spacial score (nSPS) is 19.3. The van der Waals surface area contributed by atoms with Crippen molar-refractivity contribution in [2.24, 2.45) is 5.92 Å². The third kappa shape index (κ3) is 4.69. The van der Waals surface area contributed by atoms with Gasteiger partial charge < -0.3 is 33.5 Å². The standard InChI is InChI=1S/C28H36O8/c1-10-15(2)27(29)36-20-12-17-11-16(3)28(4,30)14-18-13-19(31-5)23(32-6)26(35-9)22(18)21(17)25(34-8)24(20)33-7/h10,12-13,16,30H,11,14H2,1-9H3/b15-10-/t16-,28-/m0/s1. The van der Waals surface area contributed by atoms with Gasteiger partial charge in [-0.05, 0) is 56.4 Å². The Hall–Kier alpha value is -3.39. The van der Waals surface area contributed by atoms with Crippen molar-refractivity contribution < 1.29 is 38.3 Å². The molecule has 0 aromatic heterocycles. The number of allylic oxidation sites excluding steroid dienone is 1. The minimum atomic E-state index is -1.05. The van der Waals surface area contributed by atoms with E-state index in [0.29, 0.717) is 52.5 Å². The maximum Gasteiger partial charge on any atom is 0.338 e. The van der Waals surface area contributed by atoms with Gasteiger partial charge in [0, 0.05) is 23.1 Å². The van der Waals surface area contributed by atoms with Gasteiger partial charge in [0.1, 0.15) is 0 Å². The molecule has 196 valence electrons. The molecule has 0 spiro atoms. The number of carbonyl (C=O) groups is 1. The van der Waals surface area contributed by atoms with Gasteiger partial charge in [0.15, 0.2) is 23.0 Å². The molecule has 0 bridgehead atoms. The van der Waals surface area contributed by atoms with E-state index in [2.05, 4.69) is 0 Å². The lowest BCUT2D eigenvalue weighted by molar-refractivity contribution is -0.130. The van der Waals surface area contributed by atoms with E-state index in [0.717, 1.165) is 11.1 Å². The molecule has 0 heterocycles. The number of benzene rings is 2. The Kier molecular flexibility index (Phi) is 8.09. The van der Waals surface area contributed by atoms with Gasteiger partial charge in [0.05, 0.1) is 41.2 Å². The summed E-state index contributed by atoms with van der Waals surface area (Å²) in [5.74, 6) is 1.58. The van der Waals surface area contributed by atoms with Crippen LogP contribution in [0.5, 0.6) is 34.5 Å². The van der Waals surface area contributed by atoms with Gasteiger partial charge in [0.2, 0.25) is 11.5 Å². The SMILES string of the molecule is C/C=C(/C)C(=O)Oc1cc2c(c(OC)c1OC)-c1c(cc(OC)c(OC)c1OC)C[C@](C)(O)[C@@H](C)C2. The highest BCUT2D eigenvalue weighted by Crippen LogP contribution is 2.56. The molecule has 0 fully saturated rings. The van der Waals surface area contributed by atoms with Crippen LogP contribution in [0, 0.1) is 5.92 Å². The number of rotatable bonds is 7. The number of methoxy groups -OCH3 is 5. The van der Waals surface area contributed by atoms with Gasteiger partial charge >= 0.3 is 5.97 Å². The molecule has 1 N–H and O–H groups in total. The van der Waals surface area contributed by atoms with Crippen LogP contribution in [0.2, 0.25) is 0 Å². The monoisotopic (exact) mass is 500 g/mol. The van der Waals surface area contributed by atoms with E-state index < -0.39 is 11.6 Å². The smallest absolute Gasteiger partial charge is 0.338 e. The van der Waals surface area contributed by atoms with Crippen LogP contribution in [0.15, 0.2) is 23.8 Å². The Morgan fingerprint density at radius 1 is 0.889 bits per heavy atom. The van der Waals surface area contributed by atoms with Gasteiger partial charge in [-0.2, -0.15) is 0 Å². The average Bonchev–Trinajstić information content (AvgIpc) is 2.86. The lowest BCUT2D eigenvalue weighted by Gasteiger charge is -2.36. The number of aliphatic hydroxyl groups is 1. The first-order valence-corrected chi connectivity index (χ1v) is 11.8. The van der Waals surface area contributed by atoms with E-state index in [1.807, 2.05) is 19.9 Å². The van der Waals surface area contributed by atoms with Crippen molar-refractivity contribution in [3.63, 3.8) is 0 Å². The molecule has 2 aromatic carbocycles. The van der Waals surface area contributed by atoms with Crippen molar-refractivity contribution in [1.82, 2.24) is 0 Å². The fourth-order valence-corrected chi connectivity index (χ4v) is 4.59. The predicted molar refractivity (Wildman–Crippen MR) is 137 cm³/mol. The molecule has 8 heteroatoms. The van der Waals surface area contributed by atoms with Crippen molar-refractivity contribution in [3.8, 4) is 45.6 Å². The van der Waals surface area contributed by atoms with E-state index in [1.54, 1.807) is 47.3 Å². The Morgan fingerprint density at radius 3 is 1.89 bits per heavy atom. The Morgan fingerprint density at radius 2 is 1.39 bits per heavy atom. The number of hydrogen-bond donors (Lipinski definition) is 1. The molecule has 0 aliphatic heterocycles. The van der Waals surface area contributed by atoms with Crippen molar-refractivity contribution in [2.75, 3.05) is 35.5 Å². The number of hydrogen-bond acceptors (Lipinski definition) is 8. The van der Waals surface area contributed by atoms with Crippen LogP contribution in [-0.2, 0) is 17.6 Å². The molecule has 2 aromatic rings. The van der Waals surface area contributed by atoms with Gasteiger partial charge in [0.25, 0.3) is 0 Å². The number of ether oxygens (including phenoxy) is 6. The van der Waals surface area contributed by atoms with E-state index >= 15 is 0 Å². The van der Waals surface area contributed by atoms with Gasteiger partial charge in [-0.1, -0.05) is 13.0 Å². The van der Waals surface area contributed by atoms with E-state index in [1.165, 1.54) is 14.2 Å². The summed E-state index contributed by atoms with van der Waals surface area (Å²) in [5.41, 5.74) is 2.40. The van der Waals surface area contributed by atoms with E-state index in [-0.39, 0.29) is 17.4 Å². The first-order valence-electron chi connectivity index (χ1n) is 11.8. The van der Waals surface area contributed by atoms with Crippen molar-refractivity contribution in [3.05, 3.63) is 34.9 Å². The highest BCUT2D eigenvalue weighted by molar-refractivity contribution is 5.92. The largest absolute Gasteiger partial charge is 0.493 e. The second kappa shape index (κ2) is 10.7. The predicted octanol–water partition coefficient (Wildman–Crippen LogP) is 4.75. The molecule has 1 aliphatic carbocycles. The van der Waals surface area contributed by atoms with Crippen molar-refractivity contribution in [1.29, 1.82) is 0 Å². The van der Waals surface area contributed by atoms with Crippen molar-refractivity contribution >= 4 is 5.97 Å². The topological polar surface area (TPSA) is 92.7 Å². The lowest BCUT2D eigenvalue weighted by atomic mass is 9.75. The first-order chi connectivity index (χ1) is 17.1. The Labute approximate surface area is 212 Å². The molecular formula is C28H36O8. The molecule has 3 rings (SSSR count). The summed E-state index contributed by atoms with van der Waals surface area (Å²) in [7, 11) is 7.67. The van der Waals surface area contributed by atoms with Crippen LogP contribution in [0.3, 0.4) is 0 Å². The zero-order chi connectivity index (χ0) is 26.8. The number of esters is 1. The number of carbonyl (C=O) groups excluding carboxylic acids is 1. The summed E-state index contributed by atoms with van der Waals surface area (Å²) in [4.78, 5) is 12.6. The third-order valence-corrected chi connectivity index (χ3v) is 6.95. The Bertz CT molecular complexity index is 1180. The molecule has 0 radical (unpaired) electrons. The van der Waals surface area contributed by atoms with Crippen LogP contribution < -0.4 is 28.4 Å². The summed E-state index contributed by atoms with van der Waals surface area (Å²) in [5, 5.41) is 11.5. The fraction of sp³-hybridized carbons (Fsp3) is 0.464. The second-order valence-electron chi connectivity index (χ2n) is 9.16. The third-order valence-electron chi connectivity index (χ3n) is 6.95. The molecule has 0 amide bonds. The maximum absolute atomic E-state index is 12.6. The summed E-state index contributed by atoms with van der Waals surface area (Å²) in [6.07, 6.45) is 2.49. The maximum atomic E-state index is 12.6. The zero-order valence-electron chi connectivity index (χ0n) is 22.5. The van der Waals surface area contributed by atoms with Crippen LogP contribution in [0.1, 0.15) is 38.8 Å². The molecule has 0 unspecified atom stereocenters. The number of fused-ring (bicyclic) bond motifs is 3. The molecular weight excluding hydrogens is 464 g/mol. The molecule has 0 saturated carbocycles. The van der Waals surface area contributed by atoms with E-state index in [4.69, 9.17) is 28.4 Å². The molecule has 2 atom stereocenters. The molecule has 0 saturated heterocycles. The highest BCUT2D eigenvalue weighted by atomic mass is 16.6. The van der Waals surface area contributed by atoms with E-state index in [9.17, 15) is 9.90 Å². The highest BCUT2D eigenvalue weighted by Gasteiger charge is 2.38. The molecule has 8 nitrogen and oxygen atoms in total. The lowest BCUT2D eigenvalue weighted by Crippen LogP contribution is -2.37. The van der Waals surface area contributed by atoms with Crippen LogP contribution in [0.4, 0.5) is 0 Å². The molecule has 1 aliphatic rings. The van der Waals surface area contributed by atoms with Gasteiger partial charge in [-0.15, -0.1) is 0 Å². The van der Waals surface area contributed by atoms with Crippen LogP contribution in [-0.4, -0.2) is 52.2 Å². The Balaban J connectivity index is 2.48. The first kappa shape index (κ1) is 27.2. The van der Waals surface area contributed by atoms with Crippen LogP contribution >= 0.6 is 0 Å². The van der Waals surface area contributed by atoms with Crippen molar-refractivity contribution in [2.45, 2.75) is 46.1 Å². The van der Waals surface area contributed by atoms with Gasteiger partial charge in [-0.25, -0.2) is 4.79 Å². The second-order valence-corrected chi connectivity index (χ2v) is 9.16. The van der Waals surface area contributed by atoms with Crippen LogP contribution in [0.25, 0.3) is 11.1 Å². The summed E-state index contributed by atoms with van der Waals surface area (Å²) >= 11 is 0. The summed E-state index contributed by atoms with van der Waals surface area (Å²) in [6, 6.07) is 3.62. The summed E-state index contributed by atoms with van der Waals surface area (Å²) < 4.78 is 34.5. The summed E-state index contributed by atoms with van der Waals surface area (Å²) in [6.45, 7) is 7.25. The minimum Gasteiger partial charge on any atom is -0.493 e. The minimum absolute atomic E-state index is 0.151. The zero-order valence-corrected chi connectivity index (χ0v) is 22.5. The quantitative estimate of drug-likeness (QED) is 0.331. The van der Waals surface area contributed by atoms with Gasteiger partial charge in [-0.3, -0.25) is 0 Å².